The molecule has 0 aliphatic rings. The van der Waals surface area contributed by atoms with Crippen LogP contribution in [0, 0.1) is 5.92 Å². The van der Waals surface area contributed by atoms with Crippen molar-refractivity contribution in [3.05, 3.63) is 0 Å². The predicted molar refractivity (Wildman–Crippen MR) is 81.5 cm³/mol. The van der Waals surface area contributed by atoms with Gasteiger partial charge >= 0.3 is 11.9 Å². The number of carboxylic acids is 2. The number of hydrogen-bond acceptors (Lipinski definition) is 5. The number of carboxylic acid groups (broad SMARTS) is 2. The maximum atomic E-state index is 12.0. The molecular weight excluding hydrogens is 306 g/mol. The van der Waals surface area contributed by atoms with Crippen LogP contribution in [0.25, 0.3) is 0 Å². The second-order valence-electron chi connectivity index (χ2n) is 5.80. The first-order chi connectivity index (χ1) is 10.5. The first-order valence-corrected chi connectivity index (χ1v) is 7.35. The van der Waals surface area contributed by atoms with Gasteiger partial charge in [0, 0.05) is 6.42 Å². The third kappa shape index (κ3) is 8.77. The molecule has 132 valence electrons. The van der Waals surface area contributed by atoms with Crippen LogP contribution in [0.4, 0.5) is 0 Å². The third-order valence-corrected chi connectivity index (χ3v) is 3.07. The molecule has 0 saturated heterocycles. The lowest BCUT2D eigenvalue weighted by Crippen LogP contribution is -2.54. The van der Waals surface area contributed by atoms with Crippen molar-refractivity contribution >= 4 is 23.8 Å². The number of amides is 2. The Balaban J connectivity index is 4.85. The molecule has 9 nitrogen and oxygen atoms in total. The second kappa shape index (κ2) is 9.78. The quantitative estimate of drug-likeness (QED) is 0.354. The molecule has 0 aromatic carbocycles. The fourth-order valence-corrected chi connectivity index (χ4v) is 1.81. The van der Waals surface area contributed by atoms with Gasteiger partial charge in [-0.3, -0.25) is 19.2 Å². The zero-order chi connectivity index (χ0) is 18.2. The van der Waals surface area contributed by atoms with Gasteiger partial charge < -0.3 is 26.6 Å². The van der Waals surface area contributed by atoms with Crippen molar-refractivity contribution in [2.75, 3.05) is 0 Å². The Morgan fingerprint density at radius 1 is 1.00 bits per heavy atom. The Bertz CT molecular complexity index is 452. The normalized spacial score (nSPS) is 14.7. The summed E-state index contributed by atoms with van der Waals surface area (Å²) in [4.78, 5) is 45.4. The van der Waals surface area contributed by atoms with E-state index in [1.807, 2.05) is 13.8 Å². The molecule has 0 unspecified atom stereocenters. The number of nitrogens with two attached hydrogens (primary N) is 1. The van der Waals surface area contributed by atoms with Crippen LogP contribution in [-0.2, 0) is 19.2 Å². The Morgan fingerprint density at radius 2 is 1.57 bits per heavy atom. The molecule has 2 amide bonds. The van der Waals surface area contributed by atoms with E-state index in [2.05, 4.69) is 10.6 Å². The number of hydrogen-bond donors (Lipinski definition) is 5. The van der Waals surface area contributed by atoms with E-state index in [9.17, 15) is 19.2 Å². The molecule has 6 N–H and O–H groups in total. The van der Waals surface area contributed by atoms with E-state index in [-0.39, 0.29) is 18.8 Å². The predicted octanol–water partition coefficient (Wildman–Crippen LogP) is -0.701. The van der Waals surface area contributed by atoms with E-state index in [1.165, 1.54) is 6.92 Å². The van der Waals surface area contributed by atoms with Gasteiger partial charge in [0.25, 0.3) is 0 Å². The lowest BCUT2D eigenvalue weighted by molar-refractivity contribution is -0.142. The highest BCUT2D eigenvalue weighted by molar-refractivity contribution is 5.91. The Labute approximate surface area is 134 Å². The first kappa shape index (κ1) is 20.8. The van der Waals surface area contributed by atoms with Gasteiger partial charge in [0.15, 0.2) is 0 Å². The molecule has 0 heterocycles. The van der Waals surface area contributed by atoms with Crippen molar-refractivity contribution in [1.82, 2.24) is 10.6 Å². The van der Waals surface area contributed by atoms with Crippen LogP contribution in [0.1, 0.15) is 40.0 Å². The molecule has 0 saturated carbocycles. The van der Waals surface area contributed by atoms with E-state index in [1.54, 1.807) is 0 Å². The minimum Gasteiger partial charge on any atom is -0.481 e. The summed E-state index contributed by atoms with van der Waals surface area (Å²) in [6.07, 6.45) is -0.0997. The van der Waals surface area contributed by atoms with Crippen molar-refractivity contribution in [1.29, 1.82) is 0 Å². The van der Waals surface area contributed by atoms with Crippen molar-refractivity contribution in [2.24, 2.45) is 11.7 Å². The zero-order valence-corrected chi connectivity index (χ0v) is 13.5. The van der Waals surface area contributed by atoms with Gasteiger partial charge in [0.05, 0.1) is 6.04 Å². The van der Waals surface area contributed by atoms with Crippen LogP contribution < -0.4 is 16.4 Å². The standard InChI is InChI=1S/C14H25N3O6/c1-7(2)6-9(15)12(20)17-10(4-5-11(18)19)13(21)16-8(3)14(22)23/h7-10H,4-6,15H2,1-3H3,(H,16,21)(H,17,20)(H,18,19)(H,22,23)/t8-,9-,10-/m0/s1. The smallest absolute Gasteiger partial charge is 0.325 e. The van der Waals surface area contributed by atoms with Crippen LogP contribution in [-0.4, -0.2) is 52.1 Å². The molecule has 23 heavy (non-hydrogen) atoms. The molecule has 0 radical (unpaired) electrons. The molecule has 0 rings (SSSR count). The number of aliphatic carboxylic acids is 2. The van der Waals surface area contributed by atoms with Crippen molar-refractivity contribution in [3.63, 3.8) is 0 Å². The maximum absolute atomic E-state index is 12.0. The first-order valence-electron chi connectivity index (χ1n) is 7.35. The zero-order valence-electron chi connectivity index (χ0n) is 13.5. The van der Waals surface area contributed by atoms with Crippen LogP contribution in [0.3, 0.4) is 0 Å². The fourth-order valence-electron chi connectivity index (χ4n) is 1.81. The van der Waals surface area contributed by atoms with E-state index in [0.717, 1.165) is 0 Å². The van der Waals surface area contributed by atoms with E-state index in [4.69, 9.17) is 15.9 Å². The summed E-state index contributed by atoms with van der Waals surface area (Å²) in [6.45, 7) is 5.04. The molecule has 0 aliphatic heterocycles. The van der Waals surface area contributed by atoms with Crippen molar-refractivity contribution in [2.45, 2.75) is 58.2 Å². The summed E-state index contributed by atoms with van der Waals surface area (Å²) in [6, 6.07) is -3.14. The molecule has 0 bridgehead atoms. The molecule has 0 aliphatic carbocycles. The van der Waals surface area contributed by atoms with E-state index < -0.39 is 41.9 Å². The minimum absolute atomic E-state index is 0.159. The third-order valence-electron chi connectivity index (χ3n) is 3.07. The van der Waals surface area contributed by atoms with E-state index in [0.29, 0.717) is 6.42 Å². The van der Waals surface area contributed by atoms with Gasteiger partial charge in [-0.15, -0.1) is 0 Å². The van der Waals surface area contributed by atoms with E-state index >= 15 is 0 Å². The molecule has 3 atom stereocenters. The number of rotatable bonds is 10. The van der Waals surface area contributed by atoms with Crippen LogP contribution in [0.15, 0.2) is 0 Å². The van der Waals surface area contributed by atoms with Crippen LogP contribution in [0.5, 0.6) is 0 Å². The Morgan fingerprint density at radius 3 is 2.00 bits per heavy atom. The van der Waals surface area contributed by atoms with Crippen LogP contribution >= 0.6 is 0 Å². The van der Waals surface area contributed by atoms with Gasteiger partial charge in [0.1, 0.15) is 12.1 Å². The summed E-state index contributed by atoms with van der Waals surface area (Å²) in [5, 5.41) is 22.1. The Hall–Kier alpha value is -2.16. The topological polar surface area (TPSA) is 159 Å². The summed E-state index contributed by atoms with van der Waals surface area (Å²) in [5.41, 5.74) is 5.72. The molecule has 0 aromatic heterocycles. The lowest BCUT2D eigenvalue weighted by Gasteiger charge is -2.22. The summed E-state index contributed by atoms with van der Waals surface area (Å²) < 4.78 is 0. The summed E-state index contributed by atoms with van der Waals surface area (Å²) in [5.74, 6) is -3.53. The van der Waals surface area contributed by atoms with Crippen molar-refractivity contribution in [3.8, 4) is 0 Å². The summed E-state index contributed by atoms with van der Waals surface area (Å²) in [7, 11) is 0. The average Bonchev–Trinajstić information content (AvgIpc) is 2.41. The summed E-state index contributed by atoms with van der Waals surface area (Å²) >= 11 is 0. The second-order valence-corrected chi connectivity index (χ2v) is 5.80. The lowest BCUT2D eigenvalue weighted by atomic mass is 10.0. The van der Waals surface area contributed by atoms with Gasteiger partial charge in [-0.2, -0.15) is 0 Å². The van der Waals surface area contributed by atoms with Gasteiger partial charge in [-0.25, -0.2) is 0 Å². The fraction of sp³-hybridized carbons (Fsp3) is 0.714. The Kier molecular flexibility index (Phi) is 8.86. The number of nitrogens with one attached hydrogen (secondary N) is 2. The number of carbonyl (C=O) groups excluding carboxylic acids is 2. The van der Waals surface area contributed by atoms with Gasteiger partial charge in [0.2, 0.25) is 11.8 Å². The van der Waals surface area contributed by atoms with Gasteiger partial charge in [-0.05, 0) is 25.7 Å². The minimum atomic E-state index is -1.24. The maximum Gasteiger partial charge on any atom is 0.325 e. The molecule has 0 fully saturated rings. The molecule has 9 heteroatoms. The molecular formula is C14H25N3O6. The molecule has 0 aromatic rings. The van der Waals surface area contributed by atoms with Gasteiger partial charge in [-0.1, -0.05) is 13.8 Å². The van der Waals surface area contributed by atoms with Crippen molar-refractivity contribution < 1.29 is 29.4 Å². The number of carbonyl (C=O) groups is 4. The monoisotopic (exact) mass is 331 g/mol. The highest BCUT2D eigenvalue weighted by Gasteiger charge is 2.26. The largest absolute Gasteiger partial charge is 0.481 e. The SMILES string of the molecule is CC(C)C[C@H](N)C(=O)N[C@@H](CCC(=O)O)C(=O)N[C@@H](C)C(=O)O. The molecule has 0 spiro atoms. The average molecular weight is 331 g/mol. The van der Waals surface area contributed by atoms with Crippen LogP contribution in [0.2, 0.25) is 0 Å². The highest BCUT2D eigenvalue weighted by atomic mass is 16.4. The highest BCUT2D eigenvalue weighted by Crippen LogP contribution is 2.05.